The molecule has 64 valence electrons. The van der Waals surface area contributed by atoms with E-state index in [4.69, 9.17) is 0 Å². The molecule has 2 fully saturated rings. The van der Waals surface area contributed by atoms with E-state index in [1.54, 1.807) is 0 Å². The van der Waals surface area contributed by atoms with Crippen molar-refractivity contribution in [1.29, 1.82) is 0 Å². The van der Waals surface area contributed by atoms with Crippen LogP contribution in [0.5, 0.6) is 0 Å². The highest BCUT2D eigenvalue weighted by atomic mass is 15.2. The minimum atomic E-state index is 0.688. The van der Waals surface area contributed by atoms with Crippen LogP contribution in [0.25, 0.3) is 0 Å². The highest BCUT2D eigenvalue weighted by Crippen LogP contribution is 2.46. The molecule has 2 rings (SSSR count). The fourth-order valence-electron chi connectivity index (χ4n) is 3.15. The molecule has 2 unspecified atom stereocenters. The molecule has 0 aromatic carbocycles. The molecule has 0 bridgehead atoms. The molecule has 2 aliphatic rings. The van der Waals surface area contributed by atoms with Gasteiger partial charge < -0.3 is 4.90 Å². The van der Waals surface area contributed by atoms with Gasteiger partial charge in [-0.15, -0.1) is 0 Å². The summed E-state index contributed by atoms with van der Waals surface area (Å²) in [7, 11) is 2.30. The average Bonchev–Trinajstić information content (AvgIpc) is 2.31. The Kier molecular flexibility index (Phi) is 1.71. The van der Waals surface area contributed by atoms with Crippen LogP contribution in [0, 0.1) is 5.41 Å². The van der Waals surface area contributed by atoms with Gasteiger partial charge in [0, 0.05) is 6.04 Å². The molecule has 0 amide bonds. The molecule has 2 atom stereocenters. The van der Waals surface area contributed by atoms with E-state index < -0.39 is 0 Å². The van der Waals surface area contributed by atoms with Crippen molar-refractivity contribution in [2.45, 2.75) is 45.1 Å². The van der Waals surface area contributed by atoms with Crippen LogP contribution in [-0.2, 0) is 0 Å². The topological polar surface area (TPSA) is 3.24 Å². The number of piperidine rings is 1. The number of likely N-dealkylation sites (tertiary alicyclic amines) is 1. The van der Waals surface area contributed by atoms with Crippen LogP contribution in [0.2, 0.25) is 0 Å². The van der Waals surface area contributed by atoms with Gasteiger partial charge >= 0.3 is 0 Å². The first-order chi connectivity index (χ1) is 5.22. The monoisotopic (exact) mass is 153 g/mol. The van der Waals surface area contributed by atoms with Crippen molar-refractivity contribution < 1.29 is 0 Å². The van der Waals surface area contributed by atoms with E-state index in [0.717, 1.165) is 6.04 Å². The van der Waals surface area contributed by atoms with Gasteiger partial charge in [0.25, 0.3) is 0 Å². The Bertz CT molecular complexity index is 155. The van der Waals surface area contributed by atoms with Crippen molar-refractivity contribution >= 4 is 0 Å². The Morgan fingerprint density at radius 3 is 2.73 bits per heavy atom. The number of nitrogens with zero attached hydrogens (tertiary/aromatic N) is 1. The Balaban J connectivity index is 2.15. The lowest BCUT2D eigenvalue weighted by molar-refractivity contribution is 0.0711. The molecule has 1 saturated heterocycles. The minimum absolute atomic E-state index is 0.688. The average molecular weight is 153 g/mol. The molecule has 0 radical (unpaired) electrons. The molecular formula is C10H19N. The molecule has 0 spiro atoms. The second-order valence-electron chi connectivity index (χ2n) is 4.65. The highest BCUT2D eigenvalue weighted by molar-refractivity contribution is 4.96. The van der Waals surface area contributed by atoms with Crippen molar-refractivity contribution in [2.75, 3.05) is 13.6 Å². The van der Waals surface area contributed by atoms with E-state index in [9.17, 15) is 0 Å². The molecule has 0 aromatic heterocycles. The zero-order chi connectivity index (χ0) is 7.90. The predicted molar refractivity (Wildman–Crippen MR) is 47.6 cm³/mol. The summed E-state index contributed by atoms with van der Waals surface area (Å²) in [4.78, 5) is 2.58. The maximum atomic E-state index is 2.58. The third-order valence-electron chi connectivity index (χ3n) is 3.82. The lowest BCUT2D eigenvalue weighted by atomic mass is 9.77. The summed E-state index contributed by atoms with van der Waals surface area (Å²) in [6.45, 7) is 3.82. The van der Waals surface area contributed by atoms with Gasteiger partial charge in [0.15, 0.2) is 0 Å². The van der Waals surface area contributed by atoms with Crippen LogP contribution in [-0.4, -0.2) is 24.5 Å². The van der Waals surface area contributed by atoms with Gasteiger partial charge in [0.2, 0.25) is 0 Å². The summed E-state index contributed by atoms with van der Waals surface area (Å²) >= 11 is 0. The van der Waals surface area contributed by atoms with Gasteiger partial charge in [-0.05, 0) is 44.7 Å². The maximum Gasteiger partial charge on any atom is 0.0146 e. The molecule has 1 heterocycles. The molecule has 1 aliphatic heterocycles. The van der Waals surface area contributed by atoms with E-state index in [1.165, 1.54) is 38.6 Å². The molecule has 1 aliphatic carbocycles. The second-order valence-corrected chi connectivity index (χ2v) is 4.65. The summed E-state index contributed by atoms with van der Waals surface area (Å²) in [5, 5.41) is 0. The lowest BCUT2D eigenvalue weighted by Gasteiger charge is -2.42. The zero-order valence-electron chi connectivity index (χ0n) is 7.77. The smallest absolute Gasteiger partial charge is 0.0146 e. The summed E-state index contributed by atoms with van der Waals surface area (Å²) in [5.74, 6) is 0. The van der Waals surface area contributed by atoms with E-state index in [2.05, 4.69) is 18.9 Å². The quantitative estimate of drug-likeness (QED) is 0.516. The van der Waals surface area contributed by atoms with E-state index in [-0.39, 0.29) is 0 Å². The van der Waals surface area contributed by atoms with Gasteiger partial charge in [-0.2, -0.15) is 0 Å². The van der Waals surface area contributed by atoms with Crippen LogP contribution in [0.3, 0.4) is 0 Å². The Morgan fingerprint density at radius 1 is 1.27 bits per heavy atom. The Labute approximate surface area is 69.8 Å². The largest absolute Gasteiger partial charge is 0.303 e. The number of fused-ring (bicyclic) bond motifs is 1. The molecule has 0 N–H and O–H groups in total. The first-order valence-corrected chi connectivity index (χ1v) is 4.93. The predicted octanol–water partition coefficient (Wildman–Crippen LogP) is 2.27. The van der Waals surface area contributed by atoms with Gasteiger partial charge in [-0.1, -0.05) is 13.3 Å². The summed E-state index contributed by atoms with van der Waals surface area (Å²) in [6, 6.07) is 0.913. The number of hydrogen-bond donors (Lipinski definition) is 0. The van der Waals surface area contributed by atoms with E-state index >= 15 is 0 Å². The normalized spacial score (nSPS) is 45.8. The van der Waals surface area contributed by atoms with Crippen molar-refractivity contribution in [1.82, 2.24) is 4.90 Å². The summed E-state index contributed by atoms with van der Waals surface area (Å²) in [5.41, 5.74) is 0.688. The maximum absolute atomic E-state index is 2.58. The van der Waals surface area contributed by atoms with Crippen molar-refractivity contribution in [3.8, 4) is 0 Å². The SMILES string of the molecule is CN1CCCC2(C)CCCC12. The van der Waals surface area contributed by atoms with Gasteiger partial charge in [0.1, 0.15) is 0 Å². The standard InChI is InChI=1S/C10H19N/c1-10-6-3-5-9(10)11(2)8-4-7-10/h9H,3-8H2,1-2H3. The number of hydrogen-bond acceptors (Lipinski definition) is 1. The fraction of sp³-hybridized carbons (Fsp3) is 1.00. The molecule has 0 aromatic rings. The van der Waals surface area contributed by atoms with Gasteiger partial charge in [-0.25, -0.2) is 0 Å². The van der Waals surface area contributed by atoms with Gasteiger partial charge in [0.05, 0.1) is 0 Å². The number of rotatable bonds is 0. The van der Waals surface area contributed by atoms with Crippen LogP contribution in [0.4, 0.5) is 0 Å². The van der Waals surface area contributed by atoms with Crippen molar-refractivity contribution in [2.24, 2.45) is 5.41 Å². The van der Waals surface area contributed by atoms with E-state index in [1.807, 2.05) is 0 Å². The second kappa shape index (κ2) is 2.48. The molecular weight excluding hydrogens is 134 g/mol. The van der Waals surface area contributed by atoms with Gasteiger partial charge in [-0.3, -0.25) is 0 Å². The Hall–Kier alpha value is -0.0400. The minimum Gasteiger partial charge on any atom is -0.303 e. The first kappa shape index (κ1) is 7.60. The van der Waals surface area contributed by atoms with Crippen LogP contribution in [0.15, 0.2) is 0 Å². The molecule has 1 nitrogen and oxygen atoms in total. The Morgan fingerprint density at radius 2 is 2.00 bits per heavy atom. The summed E-state index contributed by atoms with van der Waals surface area (Å²) in [6.07, 6.45) is 7.28. The van der Waals surface area contributed by atoms with Crippen molar-refractivity contribution in [3.63, 3.8) is 0 Å². The molecule has 1 heteroatoms. The van der Waals surface area contributed by atoms with E-state index in [0.29, 0.717) is 5.41 Å². The first-order valence-electron chi connectivity index (χ1n) is 4.93. The third-order valence-corrected chi connectivity index (χ3v) is 3.82. The third kappa shape index (κ3) is 1.10. The summed E-state index contributed by atoms with van der Waals surface area (Å²) < 4.78 is 0. The fourth-order valence-corrected chi connectivity index (χ4v) is 3.15. The molecule has 1 saturated carbocycles. The van der Waals surface area contributed by atoms with Crippen LogP contribution >= 0.6 is 0 Å². The lowest BCUT2D eigenvalue weighted by Crippen LogP contribution is -2.45. The zero-order valence-corrected chi connectivity index (χ0v) is 7.77. The highest BCUT2D eigenvalue weighted by Gasteiger charge is 2.42. The van der Waals surface area contributed by atoms with Crippen molar-refractivity contribution in [3.05, 3.63) is 0 Å². The molecule has 11 heavy (non-hydrogen) atoms. The van der Waals surface area contributed by atoms with Crippen LogP contribution in [0.1, 0.15) is 39.0 Å². The van der Waals surface area contributed by atoms with Crippen LogP contribution < -0.4 is 0 Å².